The molecule has 2 nitrogen and oxygen atoms in total. The average molecular weight is 397 g/mol. The van der Waals surface area contributed by atoms with Gasteiger partial charge in [0.2, 0.25) is 0 Å². The minimum Gasteiger partial charge on any atom is -0.488 e. The normalized spacial score (nSPS) is 10.6. The fourth-order valence-electron chi connectivity index (χ4n) is 2.70. The van der Waals surface area contributed by atoms with E-state index in [9.17, 15) is 0 Å². The molecule has 0 N–H and O–H groups in total. The summed E-state index contributed by atoms with van der Waals surface area (Å²) in [6, 6.07) is 20.2. The van der Waals surface area contributed by atoms with Crippen LogP contribution in [0, 0.1) is 20.8 Å². The lowest BCUT2D eigenvalue weighted by atomic mass is 10.1. The minimum absolute atomic E-state index is 0.483. The maximum Gasteiger partial charge on any atom is 0.130 e. The highest BCUT2D eigenvalue weighted by Gasteiger charge is 2.08. The largest absolute Gasteiger partial charge is 0.488 e. The molecule has 0 unspecified atom stereocenters. The summed E-state index contributed by atoms with van der Waals surface area (Å²) in [5.41, 5.74) is 4.44. The molecule has 0 amide bonds. The van der Waals surface area contributed by atoms with Gasteiger partial charge in [0.25, 0.3) is 0 Å². The summed E-state index contributed by atoms with van der Waals surface area (Å²) in [6.45, 7) is 6.65. The summed E-state index contributed by atoms with van der Waals surface area (Å²) in [5.74, 6) is 2.61. The second-order valence-electron chi connectivity index (χ2n) is 6.13. The van der Waals surface area contributed by atoms with Crippen LogP contribution in [-0.2, 0) is 6.61 Å². The van der Waals surface area contributed by atoms with Crippen molar-refractivity contribution >= 4 is 15.9 Å². The Morgan fingerprint density at radius 2 is 1.48 bits per heavy atom. The van der Waals surface area contributed by atoms with E-state index in [1.165, 1.54) is 0 Å². The van der Waals surface area contributed by atoms with Crippen LogP contribution in [0.2, 0.25) is 0 Å². The summed E-state index contributed by atoms with van der Waals surface area (Å²) < 4.78 is 13.1. The fraction of sp³-hybridized carbons (Fsp3) is 0.182. The van der Waals surface area contributed by atoms with Crippen LogP contribution >= 0.6 is 15.9 Å². The summed E-state index contributed by atoms with van der Waals surface area (Å²) in [4.78, 5) is 0. The van der Waals surface area contributed by atoms with E-state index < -0.39 is 0 Å². The van der Waals surface area contributed by atoms with E-state index in [4.69, 9.17) is 9.47 Å². The van der Waals surface area contributed by atoms with E-state index in [0.29, 0.717) is 6.61 Å². The minimum atomic E-state index is 0.483. The molecule has 0 aromatic heterocycles. The van der Waals surface area contributed by atoms with Gasteiger partial charge in [-0.05, 0) is 61.7 Å². The van der Waals surface area contributed by atoms with Crippen molar-refractivity contribution in [1.82, 2.24) is 0 Å². The molecular formula is C22H21BrO2. The number of ether oxygens (including phenoxy) is 2. The lowest BCUT2D eigenvalue weighted by Gasteiger charge is -2.14. The fourth-order valence-corrected chi connectivity index (χ4v) is 3.06. The van der Waals surface area contributed by atoms with Crippen molar-refractivity contribution in [3.63, 3.8) is 0 Å². The van der Waals surface area contributed by atoms with Gasteiger partial charge in [0, 0.05) is 10.0 Å². The van der Waals surface area contributed by atoms with Gasteiger partial charge in [-0.15, -0.1) is 0 Å². The zero-order valence-electron chi connectivity index (χ0n) is 14.7. The number of aryl methyl sites for hydroxylation is 3. The van der Waals surface area contributed by atoms with Crippen LogP contribution in [0.5, 0.6) is 17.2 Å². The Bertz CT molecular complexity index is 867. The van der Waals surface area contributed by atoms with Gasteiger partial charge in [-0.25, -0.2) is 0 Å². The Hall–Kier alpha value is -2.26. The molecule has 3 aromatic rings. The van der Waals surface area contributed by atoms with Gasteiger partial charge in [0.15, 0.2) is 0 Å². The SMILES string of the molecule is Cc1ccccc1Oc1ccc(Br)c(COc2c(C)cccc2C)c1. The number of rotatable bonds is 5. The number of halogens is 1. The highest BCUT2D eigenvalue weighted by atomic mass is 79.9. The Balaban J connectivity index is 1.79. The smallest absolute Gasteiger partial charge is 0.130 e. The second kappa shape index (κ2) is 7.75. The summed E-state index contributed by atoms with van der Waals surface area (Å²) in [7, 11) is 0. The Morgan fingerprint density at radius 3 is 2.20 bits per heavy atom. The van der Waals surface area contributed by atoms with Gasteiger partial charge in [-0.2, -0.15) is 0 Å². The van der Waals surface area contributed by atoms with Gasteiger partial charge >= 0.3 is 0 Å². The maximum absolute atomic E-state index is 6.08. The van der Waals surface area contributed by atoms with Crippen molar-refractivity contribution in [2.45, 2.75) is 27.4 Å². The van der Waals surface area contributed by atoms with Crippen molar-refractivity contribution in [3.8, 4) is 17.2 Å². The molecular weight excluding hydrogens is 376 g/mol. The molecule has 128 valence electrons. The highest BCUT2D eigenvalue weighted by Crippen LogP contribution is 2.30. The van der Waals surface area contributed by atoms with Crippen LogP contribution in [0.3, 0.4) is 0 Å². The third-order valence-electron chi connectivity index (χ3n) is 4.12. The molecule has 0 bridgehead atoms. The number of para-hydroxylation sites is 2. The van der Waals surface area contributed by atoms with Crippen molar-refractivity contribution in [1.29, 1.82) is 0 Å². The van der Waals surface area contributed by atoms with E-state index in [1.54, 1.807) is 0 Å². The predicted octanol–water partition coefficient (Wildman–Crippen LogP) is 6.75. The zero-order valence-corrected chi connectivity index (χ0v) is 16.3. The van der Waals surface area contributed by atoms with Crippen LogP contribution < -0.4 is 9.47 Å². The topological polar surface area (TPSA) is 18.5 Å². The second-order valence-corrected chi connectivity index (χ2v) is 6.98. The number of hydrogen-bond acceptors (Lipinski definition) is 2. The van der Waals surface area contributed by atoms with Crippen LogP contribution in [0.1, 0.15) is 22.3 Å². The molecule has 0 radical (unpaired) electrons. The summed E-state index contributed by atoms with van der Waals surface area (Å²) in [5, 5.41) is 0. The molecule has 25 heavy (non-hydrogen) atoms. The zero-order chi connectivity index (χ0) is 17.8. The van der Waals surface area contributed by atoms with Gasteiger partial charge in [0.1, 0.15) is 23.9 Å². The van der Waals surface area contributed by atoms with Gasteiger partial charge in [-0.3, -0.25) is 0 Å². The number of hydrogen-bond donors (Lipinski definition) is 0. The maximum atomic E-state index is 6.08. The number of benzene rings is 3. The lowest BCUT2D eigenvalue weighted by Crippen LogP contribution is -2.00. The molecule has 0 aliphatic heterocycles. The average Bonchev–Trinajstić information content (AvgIpc) is 2.59. The van der Waals surface area contributed by atoms with E-state index in [0.717, 1.165) is 44.0 Å². The Morgan fingerprint density at radius 1 is 0.800 bits per heavy atom. The molecule has 3 rings (SSSR count). The third kappa shape index (κ3) is 4.23. The Kier molecular flexibility index (Phi) is 5.44. The van der Waals surface area contributed by atoms with E-state index in [-0.39, 0.29) is 0 Å². The van der Waals surface area contributed by atoms with Gasteiger partial charge in [-0.1, -0.05) is 52.3 Å². The van der Waals surface area contributed by atoms with Crippen molar-refractivity contribution in [2.24, 2.45) is 0 Å². The van der Waals surface area contributed by atoms with E-state index in [1.807, 2.05) is 55.5 Å². The standard InChI is InChI=1S/C22H21BrO2/c1-15-7-4-5-10-21(15)25-19-11-12-20(23)18(13-19)14-24-22-16(2)8-6-9-17(22)3/h4-13H,14H2,1-3H3. The quantitative estimate of drug-likeness (QED) is 0.474. The Labute approximate surface area is 157 Å². The molecule has 0 saturated heterocycles. The van der Waals surface area contributed by atoms with Crippen LogP contribution in [0.25, 0.3) is 0 Å². The molecule has 3 aromatic carbocycles. The van der Waals surface area contributed by atoms with Gasteiger partial charge < -0.3 is 9.47 Å². The molecule has 0 heterocycles. The predicted molar refractivity (Wildman–Crippen MR) is 106 cm³/mol. The summed E-state index contributed by atoms with van der Waals surface area (Å²) >= 11 is 3.61. The third-order valence-corrected chi connectivity index (χ3v) is 4.89. The molecule has 0 aliphatic rings. The molecule has 0 saturated carbocycles. The van der Waals surface area contributed by atoms with Crippen LogP contribution in [0.15, 0.2) is 65.1 Å². The molecule has 0 aliphatic carbocycles. The first-order valence-corrected chi connectivity index (χ1v) is 9.05. The monoisotopic (exact) mass is 396 g/mol. The first-order valence-electron chi connectivity index (χ1n) is 8.25. The van der Waals surface area contributed by atoms with Crippen molar-refractivity contribution < 1.29 is 9.47 Å². The summed E-state index contributed by atoms with van der Waals surface area (Å²) in [6.07, 6.45) is 0. The molecule has 3 heteroatoms. The van der Waals surface area contributed by atoms with Gasteiger partial charge in [0.05, 0.1) is 0 Å². The highest BCUT2D eigenvalue weighted by molar-refractivity contribution is 9.10. The van der Waals surface area contributed by atoms with Crippen molar-refractivity contribution in [3.05, 3.63) is 87.4 Å². The first-order chi connectivity index (χ1) is 12.0. The molecule has 0 atom stereocenters. The van der Waals surface area contributed by atoms with E-state index in [2.05, 4.69) is 41.9 Å². The molecule has 0 spiro atoms. The van der Waals surface area contributed by atoms with E-state index >= 15 is 0 Å². The van der Waals surface area contributed by atoms with Crippen molar-refractivity contribution in [2.75, 3.05) is 0 Å². The van der Waals surface area contributed by atoms with Crippen LogP contribution in [0.4, 0.5) is 0 Å². The first kappa shape index (κ1) is 17.6. The molecule has 0 fully saturated rings. The lowest BCUT2D eigenvalue weighted by molar-refractivity contribution is 0.300. The van der Waals surface area contributed by atoms with Crippen LogP contribution in [-0.4, -0.2) is 0 Å².